The van der Waals surface area contributed by atoms with Crippen LogP contribution in [0.1, 0.15) is 83.9 Å². The molecule has 0 saturated carbocycles. The fourth-order valence-corrected chi connectivity index (χ4v) is 4.06. The summed E-state index contributed by atoms with van der Waals surface area (Å²) in [6, 6.07) is 10.4. The third-order valence-corrected chi connectivity index (χ3v) is 6.34. The van der Waals surface area contributed by atoms with Crippen LogP contribution in [-0.2, 0) is 6.54 Å². The second-order valence-corrected chi connectivity index (χ2v) is 9.69. The lowest BCUT2D eigenvalue weighted by molar-refractivity contribution is 0.0944. The zero-order valence-corrected chi connectivity index (χ0v) is 22.0. The maximum atomic E-state index is 15.5. The van der Waals surface area contributed by atoms with Gasteiger partial charge in [-0.15, -0.1) is 0 Å². The third kappa shape index (κ3) is 6.43. The van der Waals surface area contributed by atoms with Gasteiger partial charge in [-0.1, -0.05) is 33.8 Å². The molecule has 0 fully saturated rings. The van der Waals surface area contributed by atoms with Crippen LogP contribution in [0.2, 0.25) is 0 Å². The summed E-state index contributed by atoms with van der Waals surface area (Å²) in [7, 11) is 1.68. The number of ether oxygens (including phenoxy) is 1. The highest BCUT2D eigenvalue weighted by Gasteiger charge is 2.23. The van der Waals surface area contributed by atoms with Crippen molar-refractivity contribution in [2.45, 2.75) is 59.2 Å². The number of hydrogen-bond donors (Lipinski definition) is 3. The zero-order valence-electron chi connectivity index (χ0n) is 22.0. The number of carbonyl (C=O) groups is 1. The van der Waals surface area contributed by atoms with Gasteiger partial charge in [-0.3, -0.25) is 10.5 Å². The van der Waals surface area contributed by atoms with Crippen molar-refractivity contribution in [3.05, 3.63) is 93.3 Å². The van der Waals surface area contributed by atoms with Crippen LogP contribution in [0.5, 0.6) is 5.75 Å². The fraction of sp³-hybridized carbons (Fsp3) is 0.345. The molecule has 3 aromatic carbocycles. The summed E-state index contributed by atoms with van der Waals surface area (Å²) >= 11 is 0. The Morgan fingerprint density at radius 1 is 0.946 bits per heavy atom. The predicted molar refractivity (Wildman–Crippen MR) is 140 cm³/mol. The van der Waals surface area contributed by atoms with Crippen molar-refractivity contribution >= 4 is 11.6 Å². The summed E-state index contributed by atoms with van der Waals surface area (Å²) in [4.78, 5) is 13.0. The number of amides is 1. The topological polar surface area (TPSA) is 76.4 Å². The summed E-state index contributed by atoms with van der Waals surface area (Å²) in [5.41, 5.74) is 9.10. The minimum Gasteiger partial charge on any atom is -0.468 e. The number of nitrogens with two attached hydrogens (primary N) is 1. The smallest absolute Gasteiger partial charge is 0.254 e. The highest BCUT2D eigenvalue weighted by atomic mass is 19.1. The molecule has 5 nitrogen and oxygen atoms in total. The van der Waals surface area contributed by atoms with Gasteiger partial charge in [0.1, 0.15) is 11.6 Å². The number of nitrogens with one attached hydrogen (secondary N) is 2. The Bertz CT molecular complexity index is 1290. The third-order valence-electron chi connectivity index (χ3n) is 6.34. The molecule has 1 atom stereocenters. The standard InChI is InChI=1S/C29H34F3N3O2/c1-15(2)19-11-23(29(36)35-14-18-9-21(16(3)4)17(5)25(31)10-18)27(32)26(12-19)37-28(33)22-13-20(34-6)7-8-24(22)30/h7-13,15-16,28,34H,14,33H2,1-6H3,(H,35,36). The van der Waals surface area contributed by atoms with Crippen molar-refractivity contribution in [2.24, 2.45) is 5.73 Å². The van der Waals surface area contributed by atoms with E-state index in [-0.39, 0.29) is 41.1 Å². The Labute approximate surface area is 216 Å². The van der Waals surface area contributed by atoms with E-state index >= 15 is 4.39 Å². The Kier molecular flexibility index (Phi) is 8.86. The Morgan fingerprint density at radius 2 is 1.65 bits per heavy atom. The van der Waals surface area contributed by atoms with E-state index in [1.165, 1.54) is 36.4 Å². The van der Waals surface area contributed by atoms with Crippen molar-refractivity contribution in [1.29, 1.82) is 0 Å². The molecule has 0 radical (unpaired) electrons. The largest absolute Gasteiger partial charge is 0.468 e. The number of rotatable bonds is 9. The van der Waals surface area contributed by atoms with Gasteiger partial charge in [-0.25, -0.2) is 13.2 Å². The molecule has 198 valence electrons. The Balaban J connectivity index is 1.89. The minimum absolute atomic E-state index is 0.0127. The summed E-state index contributed by atoms with van der Waals surface area (Å²) < 4.78 is 49.9. The molecule has 4 N–H and O–H groups in total. The van der Waals surface area contributed by atoms with Gasteiger partial charge in [0.25, 0.3) is 5.91 Å². The normalized spacial score (nSPS) is 12.1. The van der Waals surface area contributed by atoms with Crippen molar-refractivity contribution in [2.75, 3.05) is 12.4 Å². The van der Waals surface area contributed by atoms with Gasteiger partial charge in [0.2, 0.25) is 0 Å². The van der Waals surface area contributed by atoms with Gasteiger partial charge in [0, 0.05) is 24.8 Å². The lowest BCUT2D eigenvalue weighted by Gasteiger charge is -2.20. The molecule has 0 aromatic heterocycles. The van der Waals surface area contributed by atoms with Gasteiger partial charge in [-0.2, -0.15) is 0 Å². The van der Waals surface area contributed by atoms with E-state index < -0.39 is 23.8 Å². The quantitative estimate of drug-likeness (QED) is 0.280. The zero-order chi connectivity index (χ0) is 27.4. The van der Waals surface area contributed by atoms with Crippen LogP contribution in [-0.4, -0.2) is 13.0 Å². The first-order valence-corrected chi connectivity index (χ1v) is 12.2. The molecule has 3 rings (SSSR count). The predicted octanol–water partition coefficient (Wildman–Crippen LogP) is 6.67. The first kappa shape index (κ1) is 28.1. The number of carbonyl (C=O) groups excluding carboxylic acids is 1. The van der Waals surface area contributed by atoms with Crippen LogP contribution in [0.3, 0.4) is 0 Å². The minimum atomic E-state index is -1.31. The summed E-state index contributed by atoms with van der Waals surface area (Å²) in [5, 5.41) is 5.56. The highest BCUT2D eigenvalue weighted by Crippen LogP contribution is 2.31. The van der Waals surface area contributed by atoms with E-state index in [1.54, 1.807) is 14.0 Å². The molecule has 0 aliphatic rings. The molecular weight excluding hydrogens is 479 g/mol. The van der Waals surface area contributed by atoms with Gasteiger partial charge in [0.05, 0.1) is 5.56 Å². The molecule has 0 saturated heterocycles. The molecule has 3 aromatic rings. The van der Waals surface area contributed by atoms with Crippen LogP contribution in [0, 0.1) is 24.4 Å². The van der Waals surface area contributed by atoms with Crippen molar-refractivity contribution in [3.63, 3.8) is 0 Å². The molecule has 37 heavy (non-hydrogen) atoms. The van der Waals surface area contributed by atoms with E-state index in [9.17, 15) is 13.6 Å². The number of hydrogen-bond acceptors (Lipinski definition) is 4. The average Bonchev–Trinajstić information content (AvgIpc) is 2.85. The first-order valence-electron chi connectivity index (χ1n) is 12.2. The molecule has 0 aliphatic carbocycles. The first-order chi connectivity index (χ1) is 17.4. The Hall–Kier alpha value is -3.52. The molecule has 1 unspecified atom stereocenters. The lowest BCUT2D eigenvalue weighted by atomic mass is 9.95. The van der Waals surface area contributed by atoms with Crippen molar-refractivity contribution < 1.29 is 22.7 Å². The second kappa shape index (κ2) is 11.7. The highest BCUT2D eigenvalue weighted by molar-refractivity contribution is 5.95. The van der Waals surface area contributed by atoms with Crippen LogP contribution >= 0.6 is 0 Å². The van der Waals surface area contributed by atoms with Gasteiger partial charge in [0.15, 0.2) is 17.8 Å². The molecule has 1 amide bonds. The van der Waals surface area contributed by atoms with Crippen LogP contribution < -0.4 is 21.1 Å². The van der Waals surface area contributed by atoms with Crippen molar-refractivity contribution in [1.82, 2.24) is 5.32 Å². The molecule has 8 heteroatoms. The van der Waals surface area contributed by atoms with E-state index in [1.807, 2.05) is 33.8 Å². The summed E-state index contributed by atoms with van der Waals surface area (Å²) in [6.45, 7) is 9.42. The monoisotopic (exact) mass is 513 g/mol. The van der Waals surface area contributed by atoms with Gasteiger partial charge < -0.3 is 15.4 Å². The molecule has 0 aliphatic heterocycles. The lowest BCUT2D eigenvalue weighted by Crippen LogP contribution is -2.25. The number of benzene rings is 3. The Morgan fingerprint density at radius 3 is 2.27 bits per heavy atom. The molecule has 0 heterocycles. The number of anilines is 1. The van der Waals surface area contributed by atoms with Gasteiger partial charge >= 0.3 is 0 Å². The van der Waals surface area contributed by atoms with Crippen LogP contribution in [0.15, 0.2) is 42.5 Å². The number of halogens is 3. The van der Waals surface area contributed by atoms with Gasteiger partial charge in [-0.05, 0) is 77.4 Å². The van der Waals surface area contributed by atoms with E-state index in [4.69, 9.17) is 10.5 Å². The average molecular weight is 514 g/mol. The fourth-order valence-electron chi connectivity index (χ4n) is 4.06. The maximum Gasteiger partial charge on any atom is 0.254 e. The second-order valence-electron chi connectivity index (χ2n) is 9.69. The summed E-state index contributed by atoms with van der Waals surface area (Å²) in [5.74, 6) is -2.78. The van der Waals surface area contributed by atoms with E-state index in [0.717, 1.165) is 5.56 Å². The van der Waals surface area contributed by atoms with Crippen molar-refractivity contribution in [3.8, 4) is 5.75 Å². The summed E-state index contributed by atoms with van der Waals surface area (Å²) in [6.07, 6.45) is -1.31. The van der Waals surface area contributed by atoms with Crippen LogP contribution in [0.4, 0.5) is 18.9 Å². The molecule has 0 bridgehead atoms. The van der Waals surface area contributed by atoms with E-state index in [0.29, 0.717) is 22.4 Å². The molecular formula is C29H34F3N3O2. The maximum absolute atomic E-state index is 15.5. The SMILES string of the molecule is CNc1ccc(F)c(C(N)Oc2cc(C(C)C)cc(C(=O)NCc3cc(F)c(C)c(C(C)C)c3)c2F)c1. The molecule has 0 spiro atoms. The van der Waals surface area contributed by atoms with Crippen LogP contribution in [0.25, 0.3) is 0 Å². The van der Waals surface area contributed by atoms with E-state index in [2.05, 4.69) is 10.6 Å².